The zero-order valence-corrected chi connectivity index (χ0v) is 10.4. The van der Waals surface area contributed by atoms with E-state index in [1.165, 1.54) is 13.0 Å². The normalized spacial score (nSPS) is 25.0. The molecule has 90 valence electrons. The smallest absolute Gasteiger partial charge is 0.0791 e. The molecule has 0 saturated carbocycles. The molecule has 0 aromatic heterocycles. The Kier molecular flexibility index (Phi) is 5.58. The van der Waals surface area contributed by atoms with Crippen LogP contribution in [0.4, 0.5) is 0 Å². The van der Waals surface area contributed by atoms with Crippen LogP contribution in [-0.4, -0.2) is 48.8 Å². The van der Waals surface area contributed by atoms with Gasteiger partial charge in [-0.2, -0.15) is 0 Å². The second kappa shape index (κ2) is 6.46. The Hall–Kier alpha value is -0.120. The molecule has 1 aliphatic rings. The third-order valence-corrected chi connectivity index (χ3v) is 3.35. The molecule has 1 aliphatic heterocycles. The molecule has 3 nitrogen and oxygen atoms in total. The van der Waals surface area contributed by atoms with Gasteiger partial charge in [0.05, 0.1) is 6.10 Å². The molecule has 0 aromatic rings. The van der Waals surface area contributed by atoms with Crippen molar-refractivity contribution in [1.29, 1.82) is 0 Å². The van der Waals surface area contributed by atoms with Gasteiger partial charge in [0.15, 0.2) is 0 Å². The molecular weight excluding hydrogens is 188 g/mol. The topological polar surface area (TPSA) is 35.5 Å². The van der Waals surface area contributed by atoms with Crippen LogP contribution in [0, 0.1) is 11.8 Å². The average molecular weight is 214 g/mol. The Morgan fingerprint density at radius 2 is 2.20 bits per heavy atom. The van der Waals surface area contributed by atoms with Gasteiger partial charge in [-0.15, -0.1) is 0 Å². The first kappa shape index (κ1) is 12.9. The third-order valence-electron chi connectivity index (χ3n) is 3.35. The predicted octanol–water partition coefficient (Wildman–Crippen LogP) is 0.935. The summed E-state index contributed by atoms with van der Waals surface area (Å²) in [5.74, 6) is 1.61. The number of rotatable bonds is 6. The molecule has 15 heavy (non-hydrogen) atoms. The van der Waals surface area contributed by atoms with Crippen LogP contribution in [-0.2, 0) is 0 Å². The Morgan fingerprint density at radius 1 is 1.47 bits per heavy atom. The van der Waals surface area contributed by atoms with E-state index in [0.29, 0.717) is 0 Å². The number of nitrogens with zero attached hydrogens (tertiary/aromatic N) is 1. The number of nitrogens with one attached hydrogen (secondary N) is 1. The van der Waals surface area contributed by atoms with Crippen molar-refractivity contribution in [2.45, 2.75) is 33.3 Å². The molecule has 0 amide bonds. The second-order valence-corrected chi connectivity index (χ2v) is 5.01. The van der Waals surface area contributed by atoms with Crippen molar-refractivity contribution in [3.63, 3.8) is 0 Å². The molecule has 2 N–H and O–H groups in total. The minimum Gasteiger partial charge on any atom is -0.390 e. The van der Waals surface area contributed by atoms with Gasteiger partial charge in [-0.05, 0) is 31.3 Å². The summed E-state index contributed by atoms with van der Waals surface area (Å²) in [5.41, 5.74) is 0. The van der Waals surface area contributed by atoms with Crippen molar-refractivity contribution >= 4 is 0 Å². The summed E-state index contributed by atoms with van der Waals surface area (Å²) < 4.78 is 0. The van der Waals surface area contributed by atoms with E-state index >= 15 is 0 Å². The van der Waals surface area contributed by atoms with E-state index in [0.717, 1.165) is 38.0 Å². The monoisotopic (exact) mass is 214 g/mol. The zero-order valence-electron chi connectivity index (χ0n) is 10.4. The average Bonchev–Trinajstić information content (AvgIpc) is 2.63. The zero-order chi connectivity index (χ0) is 11.3. The van der Waals surface area contributed by atoms with E-state index in [1.807, 2.05) is 0 Å². The molecule has 1 heterocycles. The van der Waals surface area contributed by atoms with Gasteiger partial charge in [0, 0.05) is 19.6 Å². The maximum atomic E-state index is 9.76. The van der Waals surface area contributed by atoms with E-state index in [1.54, 1.807) is 0 Å². The van der Waals surface area contributed by atoms with E-state index in [2.05, 4.69) is 31.0 Å². The maximum absolute atomic E-state index is 9.76. The highest BCUT2D eigenvalue weighted by Crippen LogP contribution is 2.23. The third kappa shape index (κ3) is 4.49. The van der Waals surface area contributed by atoms with Crippen molar-refractivity contribution in [2.75, 3.05) is 32.7 Å². The molecule has 2 atom stereocenters. The number of hydrogen-bond acceptors (Lipinski definition) is 3. The van der Waals surface area contributed by atoms with Crippen molar-refractivity contribution < 1.29 is 5.11 Å². The standard InChI is InChI=1S/C12H26N2O/c1-4-13-7-12(15)9-14-6-5-11(8-14)10(2)3/h10-13,15H,4-9H2,1-3H3. The van der Waals surface area contributed by atoms with Crippen LogP contribution in [0.3, 0.4) is 0 Å². The molecule has 3 heteroatoms. The summed E-state index contributed by atoms with van der Waals surface area (Å²) in [6.07, 6.45) is 1.09. The van der Waals surface area contributed by atoms with Crippen LogP contribution < -0.4 is 5.32 Å². The number of hydrogen-bond donors (Lipinski definition) is 2. The molecular formula is C12H26N2O. The van der Waals surface area contributed by atoms with Crippen molar-refractivity contribution in [2.24, 2.45) is 11.8 Å². The Bertz CT molecular complexity index is 173. The molecule has 1 fully saturated rings. The largest absolute Gasteiger partial charge is 0.390 e. The van der Waals surface area contributed by atoms with Gasteiger partial charge in [-0.25, -0.2) is 0 Å². The molecule has 0 bridgehead atoms. The Balaban J connectivity index is 2.17. The van der Waals surface area contributed by atoms with Crippen LogP contribution in [0.15, 0.2) is 0 Å². The van der Waals surface area contributed by atoms with Crippen molar-refractivity contribution in [3.05, 3.63) is 0 Å². The predicted molar refractivity (Wildman–Crippen MR) is 63.9 cm³/mol. The van der Waals surface area contributed by atoms with E-state index < -0.39 is 0 Å². The van der Waals surface area contributed by atoms with Gasteiger partial charge in [-0.1, -0.05) is 20.8 Å². The van der Waals surface area contributed by atoms with Gasteiger partial charge in [0.2, 0.25) is 0 Å². The quantitative estimate of drug-likeness (QED) is 0.690. The Morgan fingerprint density at radius 3 is 2.73 bits per heavy atom. The van der Waals surface area contributed by atoms with Crippen LogP contribution in [0.5, 0.6) is 0 Å². The first-order valence-corrected chi connectivity index (χ1v) is 6.24. The molecule has 0 aromatic carbocycles. The van der Waals surface area contributed by atoms with Crippen LogP contribution >= 0.6 is 0 Å². The summed E-state index contributed by atoms with van der Waals surface area (Å²) in [4.78, 5) is 2.40. The van der Waals surface area contributed by atoms with Crippen LogP contribution in [0.1, 0.15) is 27.2 Å². The highest BCUT2D eigenvalue weighted by atomic mass is 16.3. The first-order chi connectivity index (χ1) is 7.13. The van der Waals surface area contributed by atoms with Gasteiger partial charge in [0.1, 0.15) is 0 Å². The van der Waals surface area contributed by atoms with E-state index in [4.69, 9.17) is 0 Å². The first-order valence-electron chi connectivity index (χ1n) is 6.24. The minimum absolute atomic E-state index is 0.212. The fourth-order valence-corrected chi connectivity index (χ4v) is 2.25. The van der Waals surface area contributed by atoms with Gasteiger partial charge < -0.3 is 15.3 Å². The van der Waals surface area contributed by atoms with E-state index in [-0.39, 0.29) is 6.10 Å². The SMILES string of the molecule is CCNCC(O)CN1CCC(C(C)C)C1. The number of β-amino-alcohol motifs (C(OH)–C–C–N with tert-alkyl or cyclic N) is 1. The maximum Gasteiger partial charge on any atom is 0.0791 e. The van der Waals surface area contributed by atoms with E-state index in [9.17, 15) is 5.11 Å². The van der Waals surface area contributed by atoms with Crippen LogP contribution in [0.2, 0.25) is 0 Å². The summed E-state index contributed by atoms with van der Waals surface area (Å²) in [5, 5.41) is 12.9. The number of aliphatic hydroxyl groups is 1. The molecule has 0 aliphatic carbocycles. The molecule has 0 radical (unpaired) electrons. The van der Waals surface area contributed by atoms with Gasteiger partial charge in [0.25, 0.3) is 0 Å². The lowest BCUT2D eigenvalue weighted by atomic mass is 9.95. The lowest BCUT2D eigenvalue weighted by molar-refractivity contribution is 0.121. The number of likely N-dealkylation sites (N-methyl/N-ethyl adjacent to an activating group) is 1. The highest BCUT2D eigenvalue weighted by molar-refractivity contribution is 4.79. The van der Waals surface area contributed by atoms with Crippen molar-refractivity contribution in [1.82, 2.24) is 10.2 Å². The lowest BCUT2D eigenvalue weighted by Crippen LogP contribution is -2.37. The summed E-state index contributed by atoms with van der Waals surface area (Å²) in [6, 6.07) is 0. The molecule has 1 rings (SSSR count). The molecule has 0 spiro atoms. The summed E-state index contributed by atoms with van der Waals surface area (Å²) in [6.45, 7) is 11.5. The Labute approximate surface area is 93.9 Å². The summed E-state index contributed by atoms with van der Waals surface area (Å²) >= 11 is 0. The number of aliphatic hydroxyl groups excluding tert-OH is 1. The fourth-order valence-electron chi connectivity index (χ4n) is 2.25. The van der Waals surface area contributed by atoms with Crippen molar-refractivity contribution in [3.8, 4) is 0 Å². The minimum atomic E-state index is -0.212. The number of likely N-dealkylation sites (tertiary alicyclic amines) is 1. The van der Waals surface area contributed by atoms with Crippen LogP contribution in [0.25, 0.3) is 0 Å². The van der Waals surface area contributed by atoms with Gasteiger partial charge >= 0.3 is 0 Å². The second-order valence-electron chi connectivity index (χ2n) is 5.01. The molecule has 1 saturated heterocycles. The summed E-state index contributed by atoms with van der Waals surface area (Å²) in [7, 11) is 0. The lowest BCUT2D eigenvalue weighted by Gasteiger charge is -2.21. The van der Waals surface area contributed by atoms with Gasteiger partial charge in [-0.3, -0.25) is 0 Å². The molecule has 2 unspecified atom stereocenters. The highest BCUT2D eigenvalue weighted by Gasteiger charge is 2.25. The fraction of sp³-hybridized carbons (Fsp3) is 1.00.